The van der Waals surface area contributed by atoms with Gasteiger partial charge >= 0.3 is 0 Å². The zero-order chi connectivity index (χ0) is 22.3. The van der Waals surface area contributed by atoms with Gasteiger partial charge in [-0.3, -0.25) is 14.9 Å². The number of aliphatic hydroxyl groups is 1. The van der Waals surface area contributed by atoms with Crippen LogP contribution in [0.4, 0.5) is 0 Å². The van der Waals surface area contributed by atoms with Gasteiger partial charge in [0, 0.05) is 36.3 Å². The van der Waals surface area contributed by atoms with Crippen LogP contribution in [0.5, 0.6) is 0 Å². The molecule has 1 unspecified atom stereocenters. The van der Waals surface area contributed by atoms with Crippen LogP contribution in [0.25, 0.3) is 34.0 Å². The standard InChI is InChI=1S/C28H27N3O/c1-21(22(2)32)31(19-7-9-23-15-17-29-27-13-5-3-11-25(23)27)20-8-10-24-16-18-30-28-14-6-4-12-26(24)28/h3-18,21,32H,2,19-20H2,1H3/b9-7+,10-8+. The Bertz CT molecular complexity index is 1190. The highest BCUT2D eigenvalue weighted by molar-refractivity contribution is 5.88. The van der Waals surface area contributed by atoms with Gasteiger partial charge in [0.05, 0.1) is 17.1 Å². The highest BCUT2D eigenvalue weighted by Gasteiger charge is 2.13. The number of hydrogen-bond donors (Lipinski definition) is 1. The molecule has 0 aliphatic carbocycles. The summed E-state index contributed by atoms with van der Waals surface area (Å²) in [7, 11) is 0. The number of benzene rings is 2. The SMILES string of the molecule is C=C(O)C(C)N(C/C=C/c1ccnc2ccccc12)C/C=C/c1ccnc2ccccc12. The molecule has 0 radical (unpaired) electrons. The van der Waals surface area contributed by atoms with Crippen LogP contribution < -0.4 is 0 Å². The summed E-state index contributed by atoms with van der Waals surface area (Å²) < 4.78 is 0. The van der Waals surface area contributed by atoms with Crippen molar-refractivity contribution in [3.8, 4) is 0 Å². The highest BCUT2D eigenvalue weighted by atomic mass is 16.3. The van der Waals surface area contributed by atoms with E-state index >= 15 is 0 Å². The number of fused-ring (bicyclic) bond motifs is 2. The lowest BCUT2D eigenvalue weighted by Crippen LogP contribution is -2.34. The molecule has 1 N–H and O–H groups in total. The van der Waals surface area contributed by atoms with Crippen LogP contribution in [0.15, 0.2) is 97.5 Å². The van der Waals surface area contributed by atoms with Crippen molar-refractivity contribution < 1.29 is 5.11 Å². The van der Waals surface area contributed by atoms with Crippen molar-refractivity contribution >= 4 is 34.0 Å². The molecule has 0 saturated heterocycles. The van der Waals surface area contributed by atoms with Crippen LogP contribution in [-0.2, 0) is 0 Å². The third-order valence-electron chi connectivity index (χ3n) is 5.67. The Labute approximate surface area is 188 Å². The molecular weight excluding hydrogens is 394 g/mol. The predicted molar refractivity (Wildman–Crippen MR) is 134 cm³/mol. The Morgan fingerprint density at radius 1 is 0.844 bits per heavy atom. The van der Waals surface area contributed by atoms with Crippen molar-refractivity contribution in [1.29, 1.82) is 0 Å². The average molecular weight is 422 g/mol. The molecule has 4 aromatic rings. The Hall–Kier alpha value is -3.76. The molecule has 0 bridgehead atoms. The fraction of sp³-hybridized carbons (Fsp3) is 0.143. The van der Waals surface area contributed by atoms with Gasteiger partial charge in [0.2, 0.25) is 0 Å². The maximum Gasteiger partial charge on any atom is 0.102 e. The van der Waals surface area contributed by atoms with Crippen LogP contribution in [0.2, 0.25) is 0 Å². The van der Waals surface area contributed by atoms with Gasteiger partial charge in [-0.15, -0.1) is 0 Å². The lowest BCUT2D eigenvalue weighted by Gasteiger charge is -2.25. The molecule has 32 heavy (non-hydrogen) atoms. The molecule has 2 heterocycles. The van der Waals surface area contributed by atoms with Crippen LogP contribution >= 0.6 is 0 Å². The van der Waals surface area contributed by atoms with Crippen LogP contribution in [0.3, 0.4) is 0 Å². The lowest BCUT2D eigenvalue weighted by molar-refractivity contribution is 0.222. The number of nitrogens with zero attached hydrogens (tertiary/aromatic N) is 3. The Morgan fingerprint density at radius 3 is 1.78 bits per heavy atom. The van der Waals surface area contributed by atoms with E-state index in [1.165, 1.54) is 0 Å². The zero-order valence-corrected chi connectivity index (χ0v) is 18.2. The molecule has 160 valence electrons. The maximum atomic E-state index is 10.0. The first-order valence-electron chi connectivity index (χ1n) is 10.8. The molecule has 4 nitrogen and oxygen atoms in total. The molecule has 0 spiro atoms. The molecule has 4 heteroatoms. The van der Waals surface area contributed by atoms with Gasteiger partial charge in [-0.05, 0) is 42.3 Å². The van der Waals surface area contributed by atoms with E-state index in [0.29, 0.717) is 13.1 Å². The zero-order valence-electron chi connectivity index (χ0n) is 18.2. The van der Waals surface area contributed by atoms with Gasteiger partial charge in [-0.2, -0.15) is 0 Å². The third kappa shape index (κ3) is 4.93. The fourth-order valence-corrected chi connectivity index (χ4v) is 3.76. The number of hydrogen-bond acceptors (Lipinski definition) is 4. The summed E-state index contributed by atoms with van der Waals surface area (Å²) in [6.45, 7) is 7.06. The van der Waals surface area contributed by atoms with Crippen LogP contribution in [0.1, 0.15) is 18.1 Å². The molecule has 0 fully saturated rings. The fourth-order valence-electron chi connectivity index (χ4n) is 3.76. The summed E-state index contributed by atoms with van der Waals surface area (Å²) in [5, 5.41) is 12.3. The first kappa shape index (κ1) is 21.5. The number of pyridine rings is 2. The number of para-hydroxylation sites is 2. The van der Waals surface area contributed by atoms with E-state index in [4.69, 9.17) is 0 Å². The second kappa shape index (κ2) is 10.0. The molecule has 2 aromatic carbocycles. The van der Waals surface area contributed by atoms with Crippen LogP contribution in [0, 0.1) is 0 Å². The molecule has 0 aliphatic rings. The second-order valence-electron chi connectivity index (χ2n) is 7.76. The minimum atomic E-state index is -0.160. The van der Waals surface area contributed by atoms with Gasteiger partial charge in [-0.25, -0.2) is 0 Å². The van der Waals surface area contributed by atoms with Gasteiger partial charge in [0.1, 0.15) is 5.76 Å². The monoisotopic (exact) mass is 421 g/mol. The average Bonchev–Trinajstić information content (AvgIpc) is 2.83. The van der Waals surface area contributed by atoms with Crippen molar-refractivity contribution in [2.45, 2.75) is 13.0 Å². The normalized spacial score (nSPS) is 12.9. The van der Waals surface area contributed by atoms with E-state index in [1.807, 2.05) is 67.8 Å². The lowest BCUT2D eigenvalue weighted by atomic mass is 10.1. The van der Waals surface area contributed by atoms with Gasteiger partial charge in [0.15, 0.2) is 0 Å². The molecule has 4 rings (SSSR count). The van der Waals surface area contributed by atoms with Gasteiger partial charge in [0.25, 0.3) is 0 Å². The molecule has 0 amide bonds. The van der Waals surface area contributed by atoms with E-state index in [2.05, 4.69) is 57.9 Å². The smallest absolute Gasteiger partial charge is 0.102 e. The Balaban J connectivity index is 1.50. The summed E-state index contributed by atoms with van der Waals surface area (Å²) >= 11 is 0. The Morgan fingerprint density at radius 2 is 1.31 bits per heavy atom. The minimum Gasteiger partial charge on any atom is -0.511 e. The summed E-state index contributed by atoms with van der Waals surface area (Å²) in [4.78, 5) is 11.0. The summed E-state index contributed by atoms with van der Waals surface area (Å²) in [5.41, 5.74) is 4.22. The quantitative estimate of drug-likeness (QED) is 0.341. The summed E-state index contributed by atoms with van der Waals surface area (Å²) in [6, 6.07) is 20.1. The van der Waals surface area contributed by atoms with E-state index in [-0.39, 0.29) is 11.8 Å². The molecule has 1 atom stereocenters. The van der Waals surface area contributed by atoms with Crippen molar-refractivity contribution in [3.05, 3.63) is 109 Å². The van der Waals surface area contributed by atoms with Crippen molar-refractivity contribution in [2.75, 3.05) is 13.1 Å². The van der Waals surface area contributed by atoms with Crippen LogP contribution in [-0.4, -0.2) is 39.1 Å². The summed E-state index contributed by atoms with van der Waals surface area (Å²) in [5.74, 6) is 0.163. The topological polar surface area (TPSA) is 49.2 Å². The van der Waals surface area contributed by atoms with E-state index in [9.17, 15) is 5.11 Å². The summed E-state index contributed by atoms with van der Waals surface area (Å²) in [6.07, 6.45) is 12.1. The molecule has 0 saturated carbocycles. The number of aromatic nitrogens is 2. The van der Waals surface area contributed by atoms with Gasteiger partial charge in [-0.1, -0.05) is 67.3 Å². The van der Waals surface area contributed by atoms with Gasteiger partial charge < -0.3 is 5.11 Å². The van der Waals surface area contributed by atoms with Crippen molar-refractivity contribution in [2.24, 2.45) is 0 Å². The molecular formula is C28H27N3O. The maximum absolute atomic E-state index is 10.0. The van der Waals surface area contributed by atoms with Crippen molar-refractivity contribution in [1.82, 2.24) is 14.9 Å². The van der Waals surface area contributed by atoms with Crippen molar-refractivity contribution in [3.63, 3.8) is 0 Å². The largest absolute Gasteiger partial charge is 0.511 e. The Kier molecular flexibility index (Phi) is 6.73. The first-order chi connectivity index (χ1) is 15.6. The highest BCUT2D eigenvalue weighted by Crippen LogP contribution is 2.19. The first-order valence-corrected chi connectivity index (χ1v) is 10.8. The molecule has 2 aromatic heterocycles. The number of rotatable bonds is 8. The molecule has 0 aliphatic heterocycles. The number of aliphatic hydroxyl groups excluding tert-OH is 1. The van der Waals surface area contributed by atoms with E-state index < -0.39 is 0 Å². The van der Waals surface area contributed by atoms with E-state index in [1.54, 1.807) is 0 Å². The minimum absolute atomic E-state index is 0.160. The van der Waals surface area contributed by atoms with E-state index in [0.717, 1.165) is 32.9 Å². The predicted octanol–water partition coefficient (Wildman–Crippen LogP) is 6.27. The second-order valence-corrected chi connectivity index (χ2v) is 7.76. The third-order valence-corrected chi connectivity index (χ3v) is 5.67.